The summed E-state index contributed by atoms with van der Waals surface area (Å²) < 4.78 is 0. The second kappa shape index (κ2) is 4.52. The van der Waals surface area contributed by atoms with Gasteiger partial charge in [0, 0.05) is 6.04 Å². The normalized spacial score (nSPS) is 35.6. The van der Waals surface area contributed by atoms with E-state index in [1.807, 2.05) is 6.92 Å². The summed E-state index contributed by atoms with van der Waals surface area (Å²) in [6, 6.07) is 0.665. The quantitative estimate of drug-likeness (QED) is 0.822. The van der Waals surface area contributed by atoms with Crippen molar-refractivity contribution in [2.24, 2.45) is 16.7 Å². The molecule has 1 saturated carbocycles. The van der Waals surface area contributed by atoms with Gasteiger partial charge in [0.25, 0.3) is 0 Å². The molecule has 0 bridgehead atoms. The van der Waals surface area contributed by atoms with Crippen molar-refractivity contribution in [3.05, 3.63) is 0 Å². The first-order chi connectivity index (χ1) is 8.23. The van der Waals surface area contributed by atoms with E-state index >= 15 is 0 Å². The van der Waals surface area contributed by atoms with Crippen molar-refractivity contribution in [3.8, 4) is 0 Å². The van der Waals surface area contributed by atoms with Crippen molar-refractivity contribution in [3.63, 3.8) is 0 Å². The average molecular weight is 253 g/mol. The molecule has 1 aliphatic carbocycles. The molecule has 104 valence electrons. The fourth-order valence-electron chi connectivity index (χ4n) is 3.91. The van der Waals surface area contributed by atoms with Gasteiger partial charge in [0.1, 0.15) is 0 Å². The van der Waals surface area contributed by atoms with Crippen LogP contribution in [0.4, 0.5) is 0 Å². The molecule has 2 unspecified atom stereocenters. The zero-order chi connectivity index (χ0) is 13.6. The van der Waals surface area contributed by atoms with Crippen LogP contribution >= 0.6 is 0 Å². The molecular formula is C15H27NO2. The van der Waals surface area contributed by atoms with E-state index in [-0.39, 0.29) is 0 Å². The highest BCUT2D eigenvalue weighted by Crippen LogP contribution is 2.44. The van der Waals surface area contributed by atoms with E-state index in [4.69, 9.17) is 0 Å². The van der Waals surface area contributed by atoms with Gasteiger partial charge in [-0.15, -0.1) is 0 Å². The molecule has 3 heteroatoms. The van der Waals surface area contributed by atoms with Crippen LogP contribution in [-0.4, -0.2) is 35.1 Å². The minimum atomic E-state index is -0.623. The molecule has 2 aliphatic rings. The second-order valence-corrected chi connectivity index (χ2v) is 7.52. The smallest absolute Gasteiger partial charge is 0.309 e. The van der Waals surface area contributed by atoms with Gasteiger partial charge in [-0.1, -0.05) is 20.8 Å². The Morgan fingerprint density at radius 1 is 1.17 bits per heavy atom. The lowest BCUT2D eigenvalue weighted by Gasteiger charge is -2.41. The number of carboxylic acids is 1. The number of rotatable bonds is 2. The highest BCUT2D eigenvalue weighted by Gasteiger charge is 2.43. The number of piperidine rings is 1. The van der Waals surface area contributed by atoms with Crippen molar-refractivity contribution >= 4 is 5.97 Å². The lowest BCUT2D eigenvalue weighted by molar-refractivity contribution is -0.151. The van der Waals surface area contributed by atoms with E-state index in [0.29, 0.717) is 11.5 Å². The summed E-state index contributed by atoms with van der Waals surface area (Å²) in [5.41, 5.74) is -0.0362. The Morgan fingerprint density at radius 3 is 2.11 bits per heavy atom. The summed E-state index contributed by atoms with van der Waals surface area (Å²) in [4.78, 5) is 13.8. The summed E-state index contributed by atoms with van der Waals surface area (Å²) in [6.07, 6.45) is 4.15. The molecule has 0 spiro atoms. The highest BCUT2D eigenvalue weighted by molar-refractivity contribution is 5.74. The van der Waals surface area contributed by atoms with Crippen LogP contribution in [0.15, 0.2) is 0 Å². The third kappa shape index (κ3) is 2.56. The molecule has 1 heterocycles. The molecule has 0 aromatic heterocycles. The van der Waals surface area contributed by atoms with E-state index in [2.05, 4.69) is 25.7 Å². The Kier molecular flexibility index (Phi) is 3.48. The van der Waals surface area contributed by atoms with Crippen LogP contribution in [0.3, 0.4) is 0 Å². The molecule has 0 aromatic rings. The van der Waals surface area contributed by atoms with Crippen molar-refractivity contribution in [1.82, 2.24) is 4.90 Å². The maximum absolute atomic E-state index is 11.3. The number of hydrogen-bond donors (Lipinski definition) is 1. The van der Waals surface area contributed by atoms with E-state index in [1.54, 1.807) is 0 Å². The maximum Gasteiger partial charge on any atom is 0.309 e. The number of likely N-dealkylation sites (tertiary alicyclic amines) is 1. The van der Waals surface area contributed by atoms with Crippen LogP contribution in [0, 0.1) is 16.7 Å². The Balaban J connectivity index is 1.97. The first-order valence-electron chi connectivity index (χ1n) is 7.21. The Bertz CT molecular complexity index is 329. The molecular weight excluding hydrogens is 226 g/mol. The number of carboxylic acid groups (broad SMARTS) is 1. The van der Waals surface area contributed by atoms with Gasteiger partial charge in [-0.2, -0.15) is 0 Å². The summed E-state index contributed by atoms with van der Waals surface area (Å²) >= 11 is 0. The number of carbonyl (C=O) groups is 1. The van der Waals surface area contributed by atoms with Crippen LogP contribution < -0.4 is 0 Å². The fourth-order valence-corrected chi connectivity index (χ4v) is 3.91. The minimum absolute atomic E-state index is 0.456. The maximum atomic E-state index is 11.3. The number of nitrogens with zero attached hydrogens (tertiary/aromatic N) is 1. The van der Waals surface area contributed by atoms with Crippen molar-refractivity contribution < 1.29 is 9.90 Å². The van der Waals surface area contributed by atoms with E-state index in [0.717, 1.165) is 31.8 Å². The monoisotopic (exact) mass is 253 g/mol. The van der Waals surface area contributed by atoms with Crippen LogP contribution in [-0.2, 0) is 4.79 Å². The number of aliphatic carboxylic acids is 1. The molecule has 3 nitrogen and oxygen atoms in total. The lowest BCUT2D eigenvalue weighted by Crippen LogP contribution is -2.47. The number of hydrogen-bond acceptors (Lipinski definition) is 2. The van der Waals surface area contributed by atoms with E-state index in [9.17, 15) is 9.90 Å². The summed E-state index contributed by atoms with van der Waals surface area (Å²) in [6.45, 7) is 10.9. The van der Waals surface area contributed by atoms with E-state index < -0.39 is 11.4 Å². The second-order valence-electron chi connectivity index (χ2n) is 7.52. The van der Waals surface area contributed by atoms with Gasteiger partial charge >= 0.3 is 5.97 Å². The van der Waals surface area contributed by atoms with Crippen molar-refractivity contribution in [2.45, 2.75) is 59.4 Å². The topological polar surface area (TPSA) is 40.5 Å². The largest absolute Gasteiger partial charge is 0.481 e. The fraction of sp³-hybridized carbons (Fsp3) is 0.933. The van der Waals surface area contributed by atoms with Crippen LogP contribution in [0.2, 0.25) is 0 Å². The minimum Gasteiger partial charge on any atom is -0.481 e. The molecule has 2 atom stereocenters. The Hall–Kier alpha value is -0.570. The van der Waals surface area contributed by atoms with Crippen LogP contribution in [0.1, 0.15) is 53.4 Å². The molecule has 2 rings (SSSR count). The summed E-state index contributed by atoms with van der Waals surface area (Å²) in [5, 5.41) is 9.27. The standard InChI is InChI=1S/C15H27NO2/c1-11-9-14(2,3)10-12(11)16-7-5-15(4,6-8-16)13(17)18/h11-12H,5-10H2,1-4H3,(H,17,18). The van der Waals surface area contributed by atoms with Gasteiger partial charge in [0.2, 0.25) is 0 Å². The van der Waals surface area contributed by atoms with E-state index in [1.165, 1.54) is 12.8 Å². The van der Waals surface area contributed by atoms with Gasteiger partial charge < -0.3 is 10.0 Å². The Labute approximate surface area is 111 Å². The predicted octanol–water partition coefficient (Wildman–Crippen LogP) is 3.00. The van der Waals surface area contributed by atoms with Crippen LogP contribution in [0.5, 0.6) is 0 Å². The molecule has 1 saturated heterocycles. The average Bonchev–Trinajstić information content (AvgIpc) is 2.53. The third-order valence-electron chi connectivity index (χ3n) is 5.18. The van der Waals surface area contributed by atoms with Gasteiger partial charge in [0.15, 0.2) is 0 Å². The van der Waals surface area contributed by atoms with Crippen molar-refractivity contribution in [2.75, 3.05) is 13.1 Å². The SMILES string of the molecule is CC1CC(C)(C)CC1N1CCC(C)(C(=O)O)CC1. The Morgan fingerprint density at radius 2 is 1.72 bits per heavy atom. The van der Waals surface area contributed by atoms with Gasteiger partial charge in [0.05, 0.1) is 5.41 Å². The summed E-state index contributed by atoms with van der Waals surface area (Å²) in [5.74, 6) is 0.121. The van der Waals surface area contributed by atoms with Gasteiger partial charge in [-0.25, -0.2) is 0 Å². The third-order valence-corrected chi connectivity index (χ3v) is 5.18. The molecule has 0 radical (unpaired) electrons. The molecule has 1 N–H and O–H groups in total. The summed E-state index contributed by atoms with van der Waals surface area (Å²) in [7, 11) is 0. The first kappa shape index (κ1) is 13.9. The van der Waals surface area contributed by atoms with Gasteiger partial charge in [-0.05, 0) is 57.0 Å². The predicted molar refractivity (Wildman–Crippen MR) is 72.5 cm³/mol. The highest BCUT2D eigenvalue weighted by atomic mass is 16.4. The van der Waals surface area contributed by atoms with Gasteiger partial charge in [-0.3, -0.25) is 4.79 Å². The zero-order valence-corrected chi connectivity index (χ0v) is 12.2. The molecule has 18 heavy (non-hydrogen) atoms. The van der Waals surface area contributed by atoms with Crippen molar-refractivity contribution in [1.29, 1.82) is 0 Å². The van der Waals surface area contributed by atoms with Crippen LogP contribution in [0.25, 0.3) is 0 Å². The molecule has 0 aromatic carbocycles. The molecule has 2 fully saturated rings. The first-order valence-corrected chi connectivity index (χ1v) is 7.21. The lowest BCUT2D eigenvalue weighted by atomic mass is 9.80. The zero-order valence-electron chi connectivity index (χ0n) is 12.2. The molecule has 0 amide bonds. The molecule has 1 aliphatic heterocycles.